The highest BCUT2D eigenvalue weighted by Gasteiger charge is 2.39. The van der Waals surface area contributed by atoms with Crippen molar-refractivity contribution < 1.29 is 19.1 Å². The van der Waals surface area contributed by atoms with Crippen LogP contribution in [0.2, 0.25) is 0 Å². The predicted octanol–water partition coefficient (Wildman–Crippen LogP) is 2.71. The summed E-state index contributed by atoms with van der Waals surface area (Å²) in [4.78, 5) is 40.5. The first-order chi connectivity index (χ1) is 13.4. The molecule has 152 valence electrons. The van der Waals surface area contributed by atoms with Crippen LogP contribution >= 0.6 is 0 Å². The molecule has 0 spiro atoms. The largest absolute Gasteiger partial charge is 0.450 e. The van der Waals surface area contributed by atoms with Gasteiger partial charge >= 0.3 is 6.09 Å². The summed E-state index contributed by atoms with van der Waals surface area (Å²) in [6, 6.07) is 5.98. The number of hydrogen-bond acceptors (Lipinski definition) is 4. The number of ether oxygens (including phenoxy) is 1. The van der Waals surface area contributed by atoms with Gasteiger partial charge in [-0.2, -0.15) is 0 Å². The molecule has 0 bridgehead atoms. The molecule has 7 heteroatoms. The standard InChI is InChI=1S/C21H29N3O4/c1-4-28-21(27)23-9-7-17(8-10-23)24-13-16(12-19(24)25)20(26)22-18-6-5-14(2)11-15(18)3/h5-6,11,16-17H,4,7-10,12-13H2,1-3H3,(H,22,26). The van der Waals surface area contributed by atoms with E-state index in [1.807, 2.05) is 36.9 Å². The first-order valence-electron chi connectivity index (χ1n) is 9.98. The summed E-state index contributed by atoms with van der Waals surface area (Å²) in [5, 5.41) is 2.97. The molecule has 7 nitrogen and oxygen atoms in total. The van der Waals surface area contributed by atoms with Crippen molar-refractivity contribution in [2.24, 2.45) is 5.92 Å². The second-order valence-electron chi connectivity index (χ2n) is 7.67. The lowest BCUT2D eigenvalue weighted by atomic mass is 10.0. The monoisotopic (exact) mass is 387 g/mol. The highest BCUT2D eigenvalue weighted by atomic mass is 16.6. The van der Waals surface area contributed by atoms with E-state index in [0.29, 0.717) is 26.2 Å². The molecule has 0 aromatic heterocycles. The van der Waals surface area contributed by atoms with Gasteiger partial charge in [0, 0.05) is 37.8 Å². The third-order valence-corrected chi connectivity index (χ3v) is 5.60. The van der Waals surface area contributed by atoms with Crippen molar-refractivity contribution in [3.05, 3.63) is 29.3 Å². The number of hydrogen-bond donors (Lipinski definition) is 1. The van der Waals surface area contributed by atoms with Gasteiger partial charge in [-0.05, 0) is 45.2 Å². The first kappa shape index (κ1) is 20.2. The molecule has 1 unspecified atom stereocenters. The zero-order chi connectivity index (χ0) is 20.3. The minimum Gasteiger partial charge on any atom is -0.450 e. The lowest BCUT2D eigenvalue weighted by molar-refractivity contribution is -0.130. The van der Waals surface area contributed by atoms with Gasteiger partial charge < -0.3 is 19.9 Å². The van der Waals surface area contributed by atoms with Crippen molar-refractivity contribution >= 4 is 23.6 Å². The van der Waals surface area contributed by atoms with Gasteiger partial charge in [-0.25, -0.2) is 4.79 Å². The highest BCUT2D eigenvalue weighted by Crippen LogP contribution is 2.27. The zero-order valence-corrected chi connectivity index (χ0v) is 16.9. The molecule has 0 saturated carbocycles. The van der Waals surface area contributed by atoms with Gasteiger partial charge in [-0.1, -0.05) is 17.7 Å². The van der Waals surface area contributed by atoms with Crippen LogP contribution in [-0.4, -0.2) is 60.0 Å². The number of likely N-dealkylation sites (tertiary alicyclic amines) is 2. The number of amides is 3. The summed E-state index contributed by atoms with van der Waals surface area (Å²) in [7, 11) is 0. The molecule has 0 aliphatic carbocycles. The van der Waals surface area contributed by atoms with Crippen molar-refractivity contribution in [1.29, 1.82) is 0 Å². The molecule has 2 aliphatic heterocycles. The highest BCUT2D eigenvalue weighted by molar-refractivity contribution is 5.97. The fraction of sp³-hybridized carbons (Fsp3) is 0.571. The Balaban J connectivity index is 1.55. The minimum atomic E-state index is -0.337. The lowest BCUT2D eigenvalue weighted by Crippen LogP contribution is -2.47. The van der Waals surface area contributed by atoms with Crippen molar-refractivity contribution in [2.45, 2.75) is 46.1 Å². The van der Waals surface area contributed by atoms with Crippen LogP contribution in [-0.2, 0) is 14.3 Å². The first-order valence-corrected chi connectivity index (χ1v) is 9.98. The van der Waals surface area contributed by atoms with Crippen molar-refractivity contribution in [3.63, 3.8) is 0 Å². The van der Waals surface area contributed by atoms with Gasteiger partial charge in [0.05, 0.1) is 12.5 Å². The fourth-order valence-corrected chi connectivity index (χ4v) is 4.02. The molecule has 1 aromatic carbocycles. The maximum absolute atomic E-state index is 12.7. The zero-order valence-electron chi connectivity index (χ0n) is 16.9. The van der Waals surface area contributed by atoms with E-state index in [9.17, 15) is 14.4 Å². The number of anilines is 1. The van der Waals surface area contributed by atoms with Gasteiger partial charge in [0.15, 0.2) is 0 Å². The van der Waals surface area contributed by atoms with Crippen LogP contribution in [0.3, 0.4) is 0 Å². The van der Waals surface area contributed by atoms with E-state index in [1.165, 1.54) is 0 Å². The summed E-state index contributed by atoms with van der Waals surface area (Å²) in [6.07, 6.45) is 1.39. The van der Waals surface area contributed by atoms with E-state index in [2.05, 4.69) is 5.32 Å². The third kappa shape index (κ3) is 4.46. The van der Waals surface area contributed by atoms with Gasteiger partial charge in [0.25, 0.3) is 0 Å². The minimum absolute atomic E-state index is 0.0235. The van der Waals surface area contributed by atoms with Gasteiger partial charge in [-0.15, -0.1) is 0 Å². The second-order valence-corrected chi connectivity index (χ2v) is 7.67. The SMILES string of the molecule is CCOC(=O)N1CCC(N2CC(C(=O)Nc3ccc(C)cc3C)CC2=O)CC1. The molecule has 2 heterocycles. The predicted molar refractivity (Wildman–Crippen MR) is 106 cm³/mol. The number of carbonyl (C=O) groups is 3. The molecule has 2 fully saturated rings. The Morgan fingerprint density at radius 2 is 1.93 bits per heavy atom. The number of nitrogens with zero attached hydrogens (tertiary/aromatic N) is 2. The number of benzene rings is 1. The molecule has 1 atom stereocenters. The smallest absolute Gasteiger partial charge is 0.409 e. The average molecular weight is 387 g/mol. The Morgan fingerprint density at radius 1 is 1.21 bits per heavy atom. The summed E-state index contributed by atoms with van der Waals surface area (Å²) < 4.78 is 5.04. The van der Waals surface area contributed by atoms with Crippen molar-refractivity contribution in [3.8, 4) is 0 Å². The van der Waals surface area contributed by atoms with Crippen LogP contribution in [0.15, 0.2) is 18.2 Å². The molecule has 2 aliphatic rings. The van der Waals surface area contributed by atoms with E-state index in [0.717, 1.165) is 29.7 Å². The van der Waals surface area contributed by atoms with Gasteiger partial charge in [0.2, 0.25) is 11.8 Å². The maximum Gasteiger partial charge on any atom is 0.409 e. The molecule has 3 rings (SSSR count). The van der Waals surface area contributed by atoms with E-state index >= 15 is 0 Å². The Morgan fingerprint density at radius 3 is 2.57 bits per heavy atom. The normalized spacial score (nSPS) is 20.4. The number of piperidine rings is 1. The molecule has 0 radical (unpaired) electrons. The quantitative estimate of drug-likeness (QED) is 0.862. The maximum atomic E-state index is 12.7. The Labute approximate surface area is 166 Å². The topological polar surface area (TPSA) is 79.0 Å². The van der Waals surface area contributed by atoms with Crippen LogP contribution < -0.4 is 5.32 Å². The Kier molecular flexibility index (Phi) is 6.21. The van der Waals surface area contributed by atoms with Crippen LogP contribution in [0.1, 0.15) is 37.3 Å². The van der Waals surface area contributed by atoms with Crippen LogP contribution in [0.4, 0.5) is 10.5 Å². The molecular formula is C21H29N3O4. The molecule has 1 N–H and O–H groups in total. The van der Waals surface area contributed by atoms with Crippen molar-refractivity contribution in [2.75, 3.05) is 31.6 Å². The molecule has 1 aromatic rings. The summed E-state index contributed by atoms with van der Waals surface area (Å²) in [5.41, 5.74) is 2.96. The van der Waals surface area contributed by atoms with Crippen LogP contribution in [0.25, 0.3) is 0 Å². The summed E-state index contributed by atoms with van der Waals surface area (Å²) in [6.45, 7) is 7.72. The fourth-order valence-electron chi connectivity index (χ4n) is 4.02. The number of rotatable bonds is 4. The Hall–Kier alpha value is -2.57. The van der Waals surface area contributed by atoms with E-state index in [-0.39, 0.29) is 36.3 Å². The molecule has 3 amide bonds. The van der Waals surface area contributed by atoms with Crippen LogP contribution in [0.5, 0.6) is 0 Å². The van der Waals surface area contributed by atoms with E-state index < -0.39 is 0 Å². The molecular weight excluding hydrogens is 358 g/mol. The Bertz CT molecular complexity index is 756. The van der Waals surface area contributed by atoms with E-state index in [1.54, 1.807) is 11.8 Å². The summed E-state index contributed by atoms with van der Waals surface area (Å²) in [5.74, 6) is -0.418. The van der Waals surface area contributed by atoms with Gasteiger partial charge in [-0.3, -0.25) is 9.59 Å². The number of carbonyl (C=O) groups excluding carboxylic acids is 3. The molecule has 2 saturated heterocycles. The van der Waals surface area contributed by atoms with Gasteiger partial charge in [0.1, 0.15) is 0 Å². The second kappa shape index (κ2) is 8.63. The third-order valence-electron chi connectivity index (χ3n) is 5.60. The van der Waals surface area contributed by atoms with Crippen LogP contribution in [0, 0.1) is 19.8 Å². The number of aryl methyl sites for hydroxylation is 2. The average Bonchev–Trinajstić information content (AvgIpc) is 3.06. The number of nitrogens with one attached hydrogen (secondary N) is 1. The molecule has 28 heavy (non-hydrogen) atoms. The summed E-state index contributed by atoms with van der Waals surface area (Å²) >= 11 is 0. The van der Waals surface area contributed by atoms with E-state index in [4.69, 9.17) is 4.74 Å². The lowest BCUT2D eigenvalue weighted by Gasteiger charge is -2.36. The van der Waals surface area contributed by atoms with Crippen molar-refractivity contribution in [1.82, 2.24) is 9.80 Å².